The van der Waals surface area contributed by atoms with E-state index in [2.05, 4.69) is 5.32 Å². The SMILES string of the molecule is O=C(NCc1ccc(Cn2ccccc2=O)cc1)c1ccccc1SCC1CCCO1. The highest BCUT2D eigenvalue weighted by molar-refractivity contribution is 7.99. The fourth-order valence-corrected chi connectivity index (χ4v) is 4.69. The normalized spacial score (nSPS) is 15.7. The second-order valence-corrected chi connectivity index (χ2v) is 8.67. The predicted molar refractivity (Wildman–Crippen MR) is 124 cm³/mol. The number of hydrogen-bond acceptors (Lipinski definition) is 4. The molecule has 0 bridgehead atoms. The largest absolute Gasteiger partial charge is 0.377 e. The first-order valence-electron chi connectivity index (χ1n) is 10.5. The van der Waals surface area contributed by atoms with E-state index < -0.39 is 0 Å². The Morgan fingerprint density at radius 2 is 1.81 bits per heavy atom. The van der Waals surface area contributed by atoms with Gasteiger partial charge in [0.1, 0.15) is 0 Å². The number of rotatable bonds is 8. The third-order valence-corrected chi connectivity index (χ3v) is 6.51. The van der Waals surface area contributed by atoms with E-state index in [1.165, 1.54) is 0 Å². The molecule has 1 aliphatic rings. The summed E-state index contributed by atoms with van der Waals surface area (Å²) in [5.41, 5.74) is 2.74. The van der Waals surface area contributed by atoms with Crippen molar-refractivity contribution in [3.63, 3.8) is 0 Å². The molecule has 0 radical (unpaired) electrons. The number of aromatic nitrogens is 1. The first-order valence-corrected chi connectivity index (χ1v) is 11.5. The van der Waals surface area contributed by atoms with Crippen molar-refractivity contribution in [2.75, 3.05) is 12.4 Å². The Morgan fingerprint density at radius 1 is 1.03 bits per heavy atom. The van der Waals surface area contributed by atoms with Crippen LogP contribution in [0.5, 0.6) is 0 Å². The summed E-state index contributed by atoms with van der Waals surface area (Å²) in [7, 11) is 0. The number of thioether (sulfide) groups is 1. The second-order valence-electron chi connectivity index (χ2n) is 7.61. The van der Waals surface area contributed by atoms with Crippen LogP contribution in [0.4, 0.5) is 0 Å². The number of carbonyl (C=O) groups excluding carboxylic acids is 1. The molecule has 1 unspecified atom stereocenters. The minimum atomic E-state index is -0.0737. The molecule has 1 amide bonds. The molecule has 1 aromatic heterocycles. The van der Waals surface area contributed by atoms with Crippen LogP contribution < -0.4 is 10.9 Å². The van der Waals surface area contributed by atoms with Crippen molar-refractivity contribution in [3.05, 3.63) is 100.0 Å². The van der Waals surface area contributed by atoms with Crippen molar-refractivity contribution in [3.8, 4) is 0 Å². The van der Waals surface area contributed by atoms with E-state index >= 15 is 0 Å². The van der Waals surface area contributed by atoms with Gasteiger partial charge in [0.15, 0.2) is 0 Å². The summed E-state index contributed by atoms with van der Waals surface area (Å²) >= 11 is 1.68. The fraction of sp³-hybridized carbons (Fsp3) is 0.280. The standard InChI is InChI=1S/C25H26N2O3S/c28-24-9-3-4-14-27(24)17-20-12-10-19(11-13-20)16-26-25(29)22-7-1-2-8-23(22)31-18-21-6-5-15-30-21/h1-4,7-14,21H,5-6,15-18H2,(H,26,29). The van der Waals surface area contributed by atoms with Crippen LogP contribution in [0.1, 0.15) is 34.3 Å². The van der Waals surface area contributed by atoms with Crippen molar-refractivity contribution in [1.29, 1.82) is 0 Å². The molecule has 5 nitrogen and oxygen atoms in total. The number of amides is 1. The quantitative estimate of drug-likeness (QED) is 0.543. The van der Waals surface area contributed by atoms with Gasteiger partial charge >= 0.3 is 0 Å². The average Bonchev–Trinajstić information content (AvgIpc) is 3.32. The van der Waals surface area contributed by atoms with Crippen molar-refractivity contribution < 1.29 is 9.53 Å². The summed E-state index contributed by atoms with van der Waals surface area (Å²) < 4.78 is 7.36. The monoisotopic (exact) mass is 434 g/mol. The summed E-state index contributed by atoms with van der Waals surface area (Å²) in [6.07, 6.45) is 4.28. The average molecular weight is 435 g/mol. The highest BCUT2D eigenvalue weighted by Gasteiger charge is 2.17. The predicted octanol–water partition coefficient (Wildman–Crippen LogP) is 4.10. The zero-order valence-corrected chi connectivity index (χ0v) is 18.1. The van der Waals surface area contributed by atoms with Crippen LogP contribution in [0.15, 0.2) is 82.6 Å². The third kappa shape index (κ3) is 5.87. The molecule has 31 heavy (non-hydrogen) atoms. The van der Waals surface area contributed by atoms with Gasteiger partial charge in [-0.3, -0.25) is 9.59 Å². The number of nitrogens with one attached hydrogen (secondary N) is 1. The van der Waals surface area contributed by atoms with Crippen LogP contribution in [0.3, 0.4) is 0 Å². The van der Waals surface area contributed by atoms with Gasteiger partial charge in [-0.05, 0) is 42.2 Å². The van der Waals surface area contributed by atoms with Crippen molar-refractivity contribution in [1.82, 2.24) is 9.88 Å². The van der Waals surface area contributed by atoms with E-state index in [4.69, 9.17) is 4.74 Å². The lowest BCUT2D eigenvalue weighted by Crippen LogP contribution is -2.23. The van der Waals surface area contributed by atoms with Gasteiger partial charge in [0.25, 0.3) is 11.5 Å². The smallest absolute Gasteiger partial charge is 0.252 e. The Balaban J connectivity index is 1.33. The fourth-order valence-electron chi connectivity index (χ4n) is 3.57. The Kier molecular flexibility index (Phi) is 7.22. The van der Waals surface area contributed by atoms with Crippen LogP contribution in [-0.2, 0) is 17.8 Å². The molecule has 2 aromatic carbocycles. The molecular weight excluding hydrogens is 408 g/mol. The Labute approximate surface area is 186 Å². The van der Waals surface area contributed by atoms with E-state index in [0.717, 1.165) is 41.2 Å². The summed E-state index contributed by atoms with van der Waals surface area (Å²) in [4.78, 5) is 25.6. The lowest BCUT2D eigenvalue weighted by Gasteiger charge is -2.13. The molecule has 1 fully saturated rings. The highest BCUT2D eigenvalue weighted by atomic mass is 32.2. The lowest BCUT2D eigenvalue weighted by atomic mass is 10.1. The van der Waals surface area contributed by atoms with Gasteiger partial charge in [0.2, 0.25) is 0 Å². The van der Waals surface area contributed by atoms with Crippen LogP contribution in [0, 0.1) is 0 Å². The first-order chi connectivity index (χ1) is 15.2. The third-order valence-electron chi connectivity index (χ3n) is 5.31. The van der Waals surface area contributed by atoms with Gasteiger partial charge in [-0.1, -0.05) is 42.5 Å². The van der Waals surface area contributed by atoms with E-state index in [9.17, 15) is 9.59 Å². The maximum atomic E-state index is 12.8. The number of benzene rings is 2. The molecule has 4 rings (SSSR count). The van der Waals surface area contributed by atoms with E-state index in [1.54, 1.807) is 34.7 Å². The summed E-state index contributed by atoms with van der Waals surface area (Å²) in [6, 6.07) is 20.8. The Morgan fingerprint density at radius 3 is 2.58 bits per heavy atom. The van der Waals surface area contributed by atoms with Crippen molar-refractivity contribution in [2.24, 2.45) is 0 Å². The molecule has 2 heterocycles. The molecule has 0 saturated carbocycles. The molecule has 1 saturated heterocycles. The highest BCUT2D eigenvalue weighted by Crippen LogP contribution is 2.26. The lowest BCUT2D eigenvalue weighted by molar-refractivity contribution is 0.0948. The van der Waals surface area contributed by atoms with Gasteiger partial charge in [-0.15, -0.1) is 11.8 Å². The minimum Gasteiger partial charge on any atom is -0.377 e. The molecule has 160 valence electrons. The van der Waals surface area contributed by atoms with Crippen molar-refractivity contribution >= 4 is 17.7 Å². The maximum absolute atomic E-state index is 12.8. The number of nitrogens with zero attached hydrogens (tertiary/aromatic N) is 1. The number of ether oxygens (including phenoxy) is 1. The molecule has 0 aliphatic carbocycles. The molecule has 1 aliphatic heterocycles. The van der Waals surface area contributed by atoms with E-state index in [0.29, 0.717) is 18.7 Å². The van der Waals surface area contributed by atoms with Crippen molar-refractivity contribution in [2.45, 2.75) is 36.9 Å². The summed E-state index contributed by atoms with van der Waals surface area (Å²) in [6.45, 7) is 1.82. The summed E-state index contributed by atoms with van der Waals surface area (Å²) in [5, 5.41) is 3.02. The van der Waals surface area contributed by atoms with Crippen LogP contribution in [-0.4, -0.2) is 28.9 Å². The Bertz CT molecular complexity index is 1070. The number of carbonyl (C=O) groups is 1. The van der Waals surface area contributed by atoms with Crippen LogP contribution in [0.2, 0.25) is 0 Å². The molecule has 1 atom stereocenters. The molecule has 3 aromatic rings. The van der Waals surface area contributed by atoms with E-state index in [1.807, 2.05) is 54.6 Å². The van der Waals surface area contributed by atoms with E-state index in [-0.39, 0.29) is 17.6 Å². The Hall–Kier alpha value is -2.83. The number of hydrogen-bond donors (Lipinski definition) is 1. The zero-order chi connectivity index (χ0) is 21.5. The summed E-state index contributed by atoms with van der Waals surface area (Å²) in [5.74, 6) is 0.798. The van der Waals surface area contributed by atoms with Crippen LogP contribution in [0.25, 0.3) is 0 Å². The topological polar surface area (TPSA) is 60.3 Å². The van der Waals surface area contributed by atoms with Gasteiger partial charge in [0.05, 0.1) is 18.2 Å². The van der Waals surface area contributed by atoms with Crippen LogP contribution >= 0.6 is 11.8 Å². The first kappa shape index (κ1) is 21.4. The van der Waals surface area contributed by atoms with Gasteiger partial charge < -0.3 is 14.6 Å². The second kappa shape index (κ2) is 10.5. The molecule has 1 N–H and O–H groups in total. The molecule has 6 heteroatoms. The molecular formula is C25H26N2O3S. The minimum absolute atomic E-state index is 0.0186. The van der Waals surface area contributed by atoms with Gasteiger partial charge in [-0.2, -0.15) is 0 Å². The van der Waals surface area contributed by atoms with Gasteiger partial charge in [0, 0.05) is 36.1 Å². The molecule has 0 spiro atoms. The zero-order valence-electron chi connectivity index (χ0n) is 17.3. The number of pyridine rings is 1. The maximum Gasteiger partial charge on any atom is 0.252 e. The van der Waals surface area contributed by atoms with Gasteiger partial charge in [-0.25, -0.2) is 0 Å².